The van der Waals surface area contributed by atoms with Crippen molar-refractivity contribution in [2.45, 2.75) is 11.1 Å². The average Bonchev–Trinajstić information content (AvgIpc) is 3.28. The fraction of sp³-hybridized carbons (Fsp3) is 0.304. The summed E-state index contributed by atoms with van der Waals surface area (Å²) in [5, 5.41) is 0.567. The van der Waals surface area contributed by atoms with Crippen LogP contribution in [0.4, 0.5) is 10.8 Å². The van der Waals surface area contributed by atoms with Gasteiger partial charge >= 0.3 is 0 Å². The fourth-order valence-corrected chi connectivity index (χ4v) is 5.89. The molecule has 0 amide bonds. The van der Waals surface area contributed by atoms with Gasteiger partial charge in [-0.05, 0) is 25.1 Å². The van der Waals surface area contributed by atoms with Gasteiger partial charge in [0.25, 0.3) is 15.6 Å². The molecule has 196 valence electrons. The number of pyridine rings is 2. The lowest BCUT2D eigenvalue weighted by atomic mass is 10.1. The predicted molar refractivity (Wildman–Crippen MR) is 141 cm³/mol. The minimum atomic E-state index is -3.98. The maximum absolute atomic E-state index is 13.2. The molecule has 0 unspecified atom stereocenters. The minimum Gasteiger partial charge on any atom is -0.484 e. The summed E-state index contributed by atoms with van der Waals surface area (Å²) in [6.45, 7) is 2.17. The van der Waals surface area contributed by atoms with Gasteiger partial charge in [0.2, 0.25) is 11.6 Å². The summed E-state index contributed by atoms with van der Waals surface area (Å²) in [4.78, 5) is 27.5. The van der Waals surface area contributed by atoms with Crippen molar-refractivity contribution in [1.29, 1.82) is 0 Å². The fourth-order valence-electron chi connectivity index (χ4n) is 3.41. The number of aryl methyl sites for hydroxylation is 1. The van der Waals surface area contributed by atoms with Gasteiger partial charge < -0.3 is 19.1 Å². The molecule has 0 spiro atoms. The van der Waals surface area contributed by atoms with E-state index in [2.05, 4.69) is 19.7 Å². The SMILES string of the molecule is COCCOc1cnc2ccc(-c3cnc(OC)c(NS(=O)(=O)c4sc(N(C)C)nc4C)c3)cn2c1=O. The Morgan fingerprint density at radius 1 is 1.11 bits per heavy atom. The second kappa shape index (κ2) is 10.7. The molecule has 0 aliphatic rings. The van der Waals surface area contributed by atoms with Crippen LogP contribution >= 0.6 is 11.3 Å². The van der Waals surface area contributed by atoms with E-state index >= 15 is 0 Å². The Kier molecular flexibility index (Phi) is 7.61. The van der Waals surface area contributed by atoms with E-state index in [1.165, 1.54) is 31.0 Å². The standard InChI is InChI=1S/C23H26N6O6S2/c1-14-22(36-23(26-14)28(2)3)37(31,32)27-17-10-16(11-25-20(17)34-5)15-6-7-19-24-12-18(35-9-8-33-4)21(30)29(19)13-15/h6-7,10-13,27H,8-9H2,1-5H3. The second-order valence-corrected chi connectivity index (χ2v) is 10.9. The van der Waals surface area contributed by atoms with Crippen molar-refractivity contribution in [2.24, 2.45) is 0 Å². The maximum atomic E-state index is 13.2. The average molecular weight is 547 g/mol. The monoisotopic (exact) mass is 546 g/mol. The summed E-state index contributed by atoms with van der Waals surface area (Å²) in [6, 6.07) is 5.02. The molecule has 0 saturated heterocycles. The molecule has 0 aliphatic heterocycles. The highest BCUT2D eigenvalue weighted by molar-refractivity contribution is 7.94. The number of sulfonamides is 1. The maximum Gasteiger partial charge on any atom is 0.300 e. The number of methoxy groups -OCH3 is 2. The minimum absolute atomic E-state index is 0.0880. The lowest BCUT2D eigenvalue weighted by Gasteiger charge is -2.13. The molecule has 4 heterocycles. The Morgan fingerprint density at radius 3 is 2.57 bits per heavy atom. The van der Waals surface area contributed by atoms with Gasteiger partial charge in [0.05, 0.1) is 25.6 Å². The summed E-state index contributed by atoms with van der Waals surface area (Å²) >= 11 is 1.06. The Hall–Kier alpha value is -3.75. The smallest absolute Gasteiger partial charge is 0.300 e. The van der Waals surface area contributed by atoms with E-state index in [9.17, 15) is 13.2 Å². The van der Waals surface area contributed by atoms with Crippen LogP contribution in [0.2, 0.25) is 0 Å². The molecule has 1 N–H and O–H groups in total. The van der Waals surface area contributed by atoms with Gasteiger partial charge in [-0.2, -0.15) is 0 Å². The van der Waals surface area contributed by atoms with Gasteiger partial charge in [0, 0.05) is 44.7 Å². The highest BCUT2D eigenvalue weighted by atomic mass is 32.2. The first-order valence-corrected chi connectivity index (χ1v) is 13.3. The normalized spacial score (nSPS) is 11.5. The van der Waals surface area contributed by atoms with Crippen molar-refractivity contribution in [3.05, 3.63) is 52.8 Å². The van der Waals surface area contributed by atoms with Gasteiger partial charge in [-0.3, -0.25) is 13.9 Å². The number of hydrogen-bond donors (Lipinski definition) is 1. The van der Waals surface area contributed by atoms with E-state index in [1.807, 2.05) is 0 Å². The van der Waals surface area contributed by atoms with E-state index in [4.69, 9.17) is 14.2 Å². The first-order valence-electron chi connectivity index (χ1n) is 11.0. The molecule has 0 bridgehead atoms. The zero-order chi connectivity index (χ0) is 26.7. The second-order valence-electron chi connectivity index (χ2n) is 8.06. The molecule has 0 aliphatic carbocycles. The van der Waals surface area contributed by atoms with Crippen LogP contribution < -0.4 is 24.7 Å². The molecule has 0 aromatic carbocycles. The Labute approximate surface area is 217 Å². The number of nitrogens with zero attached hydrogens (tertiary/aromatic N) is 5. The molecule has 4 aromatic heterocycles. The van der Waals surface area contributed by atoms with Crippen LogP contribution in [0.5, 0.6) is 11.6 Å². The van der Waals surface area contributed by atoms with Crippen molar-refractivity contribution in [3.63, 3.8) is 0 Å². The quantitative estimate of drug-likeness (QED) is 0.295. The van der Waals surface area contributed by atoms with Crippen LogP contribution in [0.1, 0.15) is 5.69 Å². The Bertz CT molecular complexity index is 1600. The number of anilines is 2. The van der Waals surface area contributed by atoms with Crippen LogP contribution in [0.3, 0.4) is 0 Å². The van der Waals surface area contributed by atoms with Gasteiger partial charge in [0.1, 0.15) is 17.9 Å². The Morgan fingerprint density at radius 2 is 1.89 bits per heavy atom. The zero-order valence-electron chi connectivity index (χ0n) is 20.9. The number of thiazole rings is 1. The molecular formula is C23H26N6O6S2. The van der Waals surface area contributed by atoms with E-state index in [0.717, 1.165) is 11.3 Å². The number of aromatic nitrogens is 4. The van der Waals surface area contributed by atoms with Gasteiger partial charge in [-0.25, -0.2) is 23.4 Å². The van der Waals surface area contributed by atoms with Gasteiger partial charge in [0.15, 0.2) is 9.34 Å². The first-order chi connectivity index (χ1) is 17.6. The molecule has 4 rings (SSSR count). The third-order valence-electron chi connectivity index (χ3n) is 5.21. The highest BCUT2D eigenvalue weighted by Crippen LogP contribution is 2.33. The van der Waals surface area contributed by atoms with Crippen molar-refractivity contribution < 1.29 is 22.6 Å². The summed E-state index contributed by atoms with van der Waals surface area (Å²) < 4.78 is 46.2. The summed E-state index contributed by atoms with van der Waals surface area (Å²) in [5.74, 6) is 0.181. The van der Waals surface area contributed by atoms with Gasteiger partial charge in [-0.1, -0.05) is 11.3 Å². The third-order valence-corrected chi connectivity index (χ3v) is 8.51. The molecule has 0 saturated carbocycles. The van der Waals surface area contributed by atoms with Crippen LogP contribution in [-0.4, -0.2) is 69.3 Å². The van der Waals surface area contributed by atoms with Crippen molar-refractivity contribution in [1.82, 2.24) is 19.4 Å². The largest absolute Gasteiger partial charge is 0.484 e. The van der Waals surface area contributed by atoms with Crippen molar-refractivity contribution in [2.75, 3.05) is 51.2 Å². The van der Waals surface area contributed by atoms with Crippen LogP contribution in [-0.2, 0) is 14.8 Å². The highest BCUT2D eigenvalue weighted by Gasteiger charge is 2.24. The number of rotatable bonds is 10. The predicted octanol–water partition coefficient (Wildman–Crippen LogP) is 2.42. The molecule has 4 aromatic rings. The van der Waals surface area contributed by atoms with E-state index in [1.54, 1.807) is 50.3 Å². The van der Waals surface area contributed by atoms with Crippen molar-refractivity contribution in [3.8, 4) is 22.8 Å². The number of nitrogens with one attached hydrogen (secondary N) is 1. The topological polar surface area (TPSA) is 137 Å². The molecule has 14 heteroatoms. The van der Waals surface area contributed by atoms with Crippen LogP contribution in [0.15, 0.2) is 45.8 Å². The summed E-state index contributed by atoms with van der Waals surface area (Å²) in [5.41, 5.74) is 1.71. The molecule has 0 radical (unpaired) electrons. The molecule has 37 heavy (non-hydrogen) atoms. The zero-order valence-corrected chi connectivity index (χ0v) is 22.5. The summed E-state index contributed by atoms with van der Waals surface area (Å²) in [6.07, 6.45) is 4.49. The first kappa shape index (κ1) is 26.3. The Balaban J connectivity index is 1.72. The molecular weight excluding hydrogens is 520 g/mol. The van der Waals surface area contributed by atoms with Crippen LogP contribution in [0, 0.1) is 6.92 Å². The van der Waals surface area contributed by atoms with E-state index in [-0.39, 0.29) is 33.7 Å². The van der Waals surface area contributed by atoms with Crippen LogP contribution in [0.25, 0.3) is 16.8 Å². The van der Waals surface area contributed by atoms with E-state index < -0.39 is 10.0 Å². The molecule has 0 atom stereocenters. The molecule has 0 fully saturated rings. The third kappa shape index (κ3) is 5.50. The van der Waals surface area contributed by atoms with Crippen molar-refractivity contribution >= 4 is 37.8 Å². The lowest BCUT2D eigenvalue weighted by Crippen LogP contribution is -2.19. The number of hydrogen-bond acceptors (Lipinski definition) is 11. The number of fused-ring (bicyclic) bond motifs is 1. The lowest BCUT2D eigenvalue weighted by molar-refractivity contribution is 0.145. The van der Waals surface area contributed by atoms with Gasteiger partial charge in [-0.15, -0.1) is 0 Å². The molecule has 12 nitrogen and oxygen atoms in total. The number of ether oxygens (including phenoxy) is 3. The van der Waals surface area contributed by atoms with E-state index in [0.29, 0.717) is 34.2 Å². The summed E-state index contributed by atoms with van der Waals surface area (Å²) in [7, 11) is 2.54.